The predicted molar refractivity (Wildman–Crippen MR) is 90.0 cm³/mol. The Hall–Kier alpha value is -1.49. The summed E-state index contributed by atoms with van der Waals surface area (Å²) in [5.74, 6) is -0.212. The Labute approximate surface area is 137 Å². The number of amides is 1. The maximum absolute atomic E-state index is 12.1. The lowest BCUT2D eigenvalue weighted by Crippen LogP contribution is -2.46. The number of aryl methyl sites for hydroxylation is 2. The Morgan fingerprint density at radius 1 is 1.32 bits per heavy atom. The van der Waals surface area contributed by atoms with Gasteiger partial charge in [0.15, 0.2) is 0 Å². The lowest BCUT2D eigenvalue weighted by atomic mass is 9.99. The van der Waals surface area contributed by atoms with Crippen molar-refractivity contribution in [2.24, 2.45) is 5.92 Å². The predicted octanol–water partition coefficient (Wildman–Crippen LogP) is 3.10. The standard InChI is InChI=1S/C17H25NO3S/c1-6-12(3)16(17(20)21-5)18-15(19)10-22-14-8-7-11(2)9-13(14)4/h7-9,12,16H,6,10H2,1-5H3,(H,18,19)/t12-,16-/m1/s1. The SMILES string of the molecule is CC[C@@H](C)[C@@H](NC(=O)CSc1ccc(C)cc1C)C(=O)OC. The van der Waals surface area contributed by atoms with Crippen molar-refractivity contribution in [3.63, 3.8) is 0 Å². The average Bonchev–Trinajstić information content (AvgIpc) is 2.50. The minimum Gasteiger partial charge on any atom is -0.467 e. The van der Waals surface area contributed by atoms with Gasteiger partial charge in [0.25, 0.3) is 0 Å². The first-order valence-corrected chi connectivity index (χ1v) is 8.44. The highest BCUT2D eigenvalue weighted by atomic mass is 32.2. The van der Waals surface area contributed by atoms with Gasteiger partial charge >= 0.3 is 5.97 Å². The van der Waals surface area contributed by atoms with E-state index < -0.39 is 6.04 Å². The number of hydrogen-bond donors (Lipinski definition) is 1. The highest BCUT2D eigenvalue weighted by molar-refractivity contribution is 8.00. The smallest absolute Gasteiger partial charge is 0.328 e. The fourth-order valence-corrected chi connectivity index (χ4v) is 2.94. The van der Waals surface area contributed by atoms with Gasteiger partial charge in [-0.05, 0) is 31.4 Å². The summed E-state index contributed by atoms with van der Waals surface area (Å²) in [4.78, 5) is 25.0. The Morgan fingerprint density at radius 3 is 2.55 bits per heavy atom. The van der Waals surface area contributed by atoms with Gasteiger partial charge in [-0.3, -0.25) is 4.79 Å². The summed E-state index contributed by atoms with van der Waals surface area (Å²) in [6, 6.07) is 5.57. The first kappa shape index (κ1) is 18.6. The number of ether oxygens (including phenoxy) is 1. The number of benzene rings is 1. The molecule has 0 aromatic heterocycles. The second-order valence-electron chi connectivity index (χ2n) is 5.51. The minimum absolute atomic E-state index is 0.0440. The molecule has 0 unspecified atom stereocenters. The molecule has 1 N–H and O–H groups in total. The number of thioether (sulfide) groups is 1. The third kappa shape index (κ3) is 5.37. The van der Waals surface area contributed by atoms with Crippen LogP contribution in [0, 0.1) is 19.8 Å². The molecule has 0 spiro atoms. The number of rotatable bonds is 7. The van der Waals surface area contributed by atoms with Crippen LogP contribution in [0.3, 0.4) is 0 Å². The van der Waals surface area contributed by atoms with E-state index in [2.05, 4.69) is 11.4 Å². The summed E-state index contributed by atoms with van der Waals surface area (Å²) >= 11 is 1.48. The van der Waals surface area contributed by atoms with Gasteiger partial charge in [0.05, 0.1) is 12.9 Å². The summed E-state index contributed by atoms with van der Waals surface area (Å²) in [6.07, 6.45) is 0.796. The molecule has 4 nitrogen and oxygen atoms in total. The minimum atomic E-state index is -0.581. The molecule has 0 aliphatic rings. The lowest BCUT2D eigenvalue weighted by Gasteiger charge is -2.21. The maximum Gasteiger partial charge on any atom is 0.328 e. The van der Waals surface area contributed by atoms with E-state index in [1.54, 1.807) is 0 Å². The Bertz CT molecular complexity index is 531. The van der Waals surface area contributed by atoms with Crippen molar-refractivity contribution in [1.29, 1.82) is 0 Å². The van der Waals surface area contributed by atoms with Crippen LogP contribution in [0.2, 0.25) is 0 Å². The highest BCUT2D eigenvalue weighted by Crippen LogP contribution is 2.23. The molecular weight excluding hydrogens is 298 g/mol. The van der Waals surface area contributed by atoms with E-state index in [9.17, 15) is 9.59 Å². The van der Waals surface area contributed by atoms with Crippen molar-refractivity contribution in [3.05, 3.63) is 29.3 Å². The summed E-state index contributed by atoms with van der Waals surface area (Å²) in [6.45, 7) is 7.99. The molecule has 0 heterocycles. The summed E-state index contributed by atoms with van der Waals surface area (Å²) in [5.41, 5.74) is 2.36. The third-order valence-electron chi connectivity index (χ3n) is 3.67. The lowest BCUT2D eigenvalue weighted by molar-refractivity contribution is -0.146. The van der Waals surface area contributed by atoms with Crippen LogP contribution in [-0.2, 0) is 14.3 Å². The summed E-state index contributed by atoms with van der Waals surface area (Å²) in [7, 11) is 1.34. The fraction of sp³-hybridized carbons (Fsp3) is 0.529. The molecule has 0 saturated carbocycles. The van der Waals surface area contributed by atoms with Gasteiger partial charge in [-0.25, -0.2) is 4.79 Å². The number of hydrogen-bond acceptors (Lipinski definition) is 4. The van der Waals surface area contributed by atoms with Crippen molar-refractivity contribution < 1.29 is 14.3 Å². The topological polar surface area (TPSA) is 55.4 Å². The number of nitrogens with one attached hydrogen (secondary N) is 1. The van der Waals surface area contributed by atoms with Crippen molar-refractivity contribution in [3.8, 4) is 0 Å². The molecule has 0 aliphatic heterocycles. The van der Waals surface area contributed by atoms with Gasteiger partial charge in [0, 0.05) is 4.90 Å². The number of carbonyl (C=O) groups is 2. The fourth-order valence-electron chi connectivity index (χ4n) is 2.12. The molecule has 0 radical (unpaired) electrons. The van der Waals surface area contributed by atoms with Crippen molar-refractivity contribution in [1.82, 2.24) is 5.32 Å². The molecule has 0 fully saturated rings. The molecule has 1 amide bonds. The molecule has 0 bridgehead atoms. The highest BCUT2D eigenvalue weighted by Gasteiger charge is 2.26. The van der Waals surface area contributed by atoms with Gasteiger partial charge in [-0.15, -0.1) is 11.8 Å². The molecule has 22 heavy (non-hydrogen) atoms. The molecule has 122 valence electrons. The second kappa shape index (κ2) is 8.83. The van der Waals surface area contributed by atoms with Gasteiger partial charge in [0.2, 0.25) is 5.91 Å². The molecule has 5 heteroatoms. The maximum atomic E-state index is 12.1. The van der Waals surface area contributed by atoms with E-state index in [4.69, 9.17) is 4.74 Å². The molecule has 0 aliphatic carbocycles. The van der Waals surface area contributed by atoms with E-state index in [1.165, 1.54) is 24.4 Å². The zero-order valence-electron chi connectivity index (χ0n) is 13.9. The summed E-state index contributed by atoms with van der Waals surface area (Å²) < 4.78 is 4.77. The van der Waals surface area contributed by atoms with Crippen LogP contribution in [0.4, 0.5) is 0 Å². The Morgan fingerprint density at radius 2 is 2.00 bits per heavy atom. The van der Waals surface area contributed by atoms with Crippen LogP contribution in [0.1, 0.15) is 31.4 Å². The van der Waals surface area contributed by atoms with E-state index in [-0.39, 0.29) is 23.5 Å². The van der Waals surface area contributed by atoms with Crippen LogP contribution < -0.4 is 5.32 Å². The van der Waals surface area contributed by atoms with E-state index in [1.807, 2.05) is 39.8 Å². The first-order valence-electron chi connectivity index (χ1n) is 7.46. The summed E-state index contributed by atoms with van der Waals surface area (Å²) in [5, 5.41) is 2.79. The van der Waals surface area contributed by atoms with E-state index in [0.29, 0.717) is 0 Å². The largest absolute Gasteiger partial charge is 0.467 e. The van der Waals surface area contributed by atoms with Crippen LogP contribution in [0.5, 0.6) is 0 Å². The zero-order chi connectivity index (χ0) is 16.7. The molecule has 1 aromatic carbocycles. The molecule has 0 saturated heterocycles. The van der Waals surface area contributed by atoms with Crippen LogP contribution in [-0.4, -0.2) is 30.8 Å². The van der Waals surface area contributed by atoms with E-state index >= 15 is 0 Å². The van der Waals surface area contributed by atoms with Crippen LogP contribution in [0.25, 0.3) is 0 Å². The van der Waals surface area contributed by atoms with Gasteiger partial charge < -0.3 is 10.1 Å². The monoisotopic (exact) mass is 323 g/mol. The van der Waals surface area contributed by atoms with Crippen molar-refractivity contribution in [2.45, 2.75) is 45.1 Å². The van der Waals surface area contributed by atoms with Gasteiger partial charge in [-0.1, -0.05) is 38.0 Å². The van der Waals surface area contributed by atoms with Crippen molar-refractivity contribution >= 4 is 23.6 Å². The number of carbonyl (C=O) groups excluding carboxylic acids is 2. The van der Waals surface area contributed by atoms with Gasteiger partial charge in [0.1, 0.15) is 6.04 Å². The number of methoxy groups -OCH3 is 1. The normalized spacial score (nSPS) is 13.3. The van der Waals surface area contributed by atoms with Crippen LogP contribution >= 0.6 is 11.8 Å². The third-order valence-corrected chi connectivity index (χ3v) is 4.85. The zero-order valence-corrected chi connectivity index (χ0v) is 14.8. The molecule has 1 rings (SSSR count). The Balaban J connectivity index is 2.62. The number of esters is 1. The second-order valence-corrected chi connectivity index (χ2v) is 6.53. The van der Waals surface area contributed by atoms with Gasteiger partial charge in [-0.2, -0.15) is 0 Å². The molecular formula is C17H25NO3S. The average molecular weight is 323 g/mol. The molecule has 2 atom stereocenters. The van der Waals surface area contributed by atoms with Crippen molar-refractivity contribution in [2.75, 3.05) is 12.9 Å². The van der Waals surface area contributed by atoms with E-state index in [0.717, 1.165) is 16.9 Å². The first-order chi connectivity index (χ1) is 10.4. The van der Waals surface area contributed by atoms with Crippen LogP contribution in [0.15, 0.2) is 23.1 Å². The Kier molecular flexibility index (Phi) is 7.45. The molecule has 1 aromatic rings. The quantitative estimate of drug-likeness (QED) is 0.619.